The van der Waals surface area contributed by atoms with E-state index in [-0.39, 0.29) is 18.8 Å². The molecule has 1 N–H and O–H groups in total. The molecule has 0 fully saturated rings. The molecular formula is C27H24F6N2O4. The molecule has 0 aliphatic carbocycles. The van der Waals surface area contributed by atoms with Crippen molar-refractivity contribution in [3.8, 4) is 17.2 Å². The Morgan fingerprint density at radius 3 is 2.31 bits per heavy atom. The normalized spacial score (nSPS) is 18.0. The molecule has 3 aromatic rings. The number of benzene rings is 3. The lowest BCUT2D eigenvalue weighted by molar-refractivity contribution is -0.274. The standard InChI is InChI=1S/C27H24F6N2O4/c28-26(29,30)25(36)16-35-21-7-2-1-6-20(21)34(14-17-4-3-5-19(12-17)39-27(31,32)33)15-22(35)18-8-9-23-24(13-18)38-11-10-37-23/h1-9,12-13,22,25,36H,10-11,14-16H2/t22?,25-/m1/s1. The van der Waals surface area contributed by atoms with E-state index >= 15 is 0 Å². The lowest BCUT2D eigenvalue weighted by Crippen LogP contribution is -2.49. The molecule has 0 saturated heterocycles. The van der Waals surface area contributed by atoms with Gasteiger partial charge in [-0.15, -0.1) is 13.2 Å². The van der Waals surface area contributed by atoms with Crippen molar-refractivity contribution in [3.63, 3.8) is 0 Å². The van der Waals surface area contributed by atoms with E-state index in [4.69, 9.17) is 9.47 Å². The van der Waals surface area contributed by atoms with Gasteiger partial charge in [-0.05, 0) is 47.5 Å². The van der Waals surface area contributed by atoms with Gasteiger partial charge in [0.25, 0.3) is 0 Å². The number of aliphatic hydroxyl groups excluding tert-OH is 1. The Balaban J connectivity index is 1.53. The minimum absolute atomic E-state index is 0.156. The van der Waals surface area contributed by atoms with Crippen LogP contribution < -0.4 is 24.0 Å². The fourth-order valence-electron chi connectivity index (χ4n) is 4.83. The minimum atomic E-state index is -4.85. The number of hydrogen-bond acceptors (Lipinski definition) is 6. The molecule has 0 amide bonds. The van der Waals surface area contributed by atoms with E-state index in [9.17, 15) is 31.4 Å². The van der Waals surface area contributed by atoms with Gasteiger partial charge in [-0.2, -0.15) is 13.2 Å². The van der Waals surface area contributed by atoms with Crippen molar-refractivity contribution in [1.82, 2.24) is 0 Å². The van der Waals surface area contributed by atoms with Gasteiger partial charge < -0.3 is 29.1 Å². The Labute approximate surface area is 219 Å². The molecule has 2 aliphatic rings. The first-order valence-corrected chi connectivity index (χ1v) is 12.1. The van der Waals surface area contributed by atoms with Gasteiger partial charge in [-0.1, -0.05) is 30.3 Å². The lowest BCUT2D eigenvalue weighted by Gasteiger charge is -2.46. The zero-order valence-corrected chi connectivity index (χ0v) is 20.4. The molecule has 2 heterocycles. The van der Waals surface area contributed by atoms with Crippen molar-refractivity contribution in [2.24, 2.45) is 0 Å². The van der Waals surface area contributed by atoms with Crippen LogP contribution in [0.15, 0.2) is 66.7 Å². The van der Waals surface area contributed by atoms with Crippen LogP contribution in [0, 0.1) is 0 Å². The molecule has 1 unspecified atom stereocenters. The van der Waals surface area contributed by atoms with E-state index in [1.165, 1.54) is 23.1 Å². The molecule has 0 aromatic heterocycles. The molecule has 0 radical (unpaired) electrons. The van der Waals surface area contributed by atoms with Crippen molar-refractivity contribution in [3.05, 3.63) is 77.9 Å². The Kier molecular flexibility index (Phi) is 7.15. The maximum absolute atomic E-state index is 13.4. The van der Waals surface area contributed by atoms with Crippen molar-refractivity contribution in [2.45, 2.75) is 31.2 Å². The fourth-order valence-corrected chi connectivity index (χ4v) is 4.83. The highest BCUT2D eigenvalue weighted by Crippen LogP contribution is 2.44. The summed E-state index contributed by atoms with van der Waals surface area (Å²) in [6.07, 6.45) is -12.3. The maximum atomic E-state index is 13.4. The summed E-state index contributed by atoms with van der Waals surface area (Å²) in [5.74, 6) is 0.600. The second kappa shape index (κ2) is 10.4. The monoisotopic (exact) mass is 554 g/mol. The molecule has 3 aromatic carbocycles. The van der Waals surface area contributed by atoms with E-state index in [0.717, 1.165) is 0 Å². The molecular weight excluding hydrogens is 530 g/mol. The summed E-state index contributed by atoms with van der Waals surface area (Å²) in [5.41, 5.74) is 2.15. The number of halogens is 6. The zero-order valence-electron chi connectivity index (χ0n) is 20.4. The van der Waals surface area contributed by atoms with Crippen LogP contribution in [0.2, 0.25) is 0 Å². The SMILES string of the molecule is O[C@H](CN1c2ccccc2N(Cc2cccc(OC(F)(F)F)c2)CC1c1ccc2c(c1)OCCO2)C(F)(F)F. The summed E-state index contributed by atoms with van der Waals surface area (Å²) >= 11 is 0. The maximum Gasteiger partial charge on any atom is 0.573 e. The molecule has 39 heavy (non-hydrogen) atoms. The van der Waals surface area contributed by atoms with E-state index in [2.05, 4.69) is 4.74 Å². The third kappa shape index (κ3) is 6.11. The average Bonchev–Trinajstić information content (AvgIpc) is 2.88. The first-order valence-electron chi connectivity index (χ1n) is 12.1. The molecule has 208 valence electrons. The minimum Gasteiger partial charge on any atom is -0.486 e. The number of fused-ring (bicyclic) bond motifs is 2. The van der Waals surface area contributed by atoms with Gasteiger partial charge in [0, 0.05) is 13.1 Å². The van der Waals surface area contributed by atoms with Gasteiger partial charge in [0.2, 0.25) is 0 Å². The third-order valence-electron chi connectivity index (χ3n) is 6.51. The Morgan fingerprint density at radius 1 is 0.872 bits per heavy atom. The smallest absolute Gasteiger partial charge is 0.486 e. The van der Waals surface area contributed by atoms with Gasteiger partial charge in [0.1, 0.15) is 19.0 Å². The second-order valence-corrected chi connectivity index (χ2v) is 9.19. The highest BCUT2D eigenvalue weighted by Gasteiger charge is 2.42. The number of β-amino-alcohol motifs (C(OH)–C–C–N with tert-alkyl or cyclic N) is 1. The molecule has 2 atom stereocenters. The van der Waals surface area contributed by atoms with Crippen LogP contribution in [0.4, 0.5) is 37.7 Å². The number of rotatable bonds is 6. The zero-order chi connectivity index (χ0) is 27.8. The summed E-state index contributed by atoms with van der Waals surface area (Å²) in [4.78, 5) is 3.37. The summed E-state index contributed by atoms with van der Waals surface area (Å²) < 4.78 is 93.9. The van der Waals surface area contributed by atoms with E-state index in [0.29, 0.717) is 47.2 Å². The number of anilines is 2. The number of nitrogens with zero attached hydrogens (tertiary/aromatic N) is 2. The molecule has 2 aliphatic heterocycles. The summed E-state index contributed by atoms with van der Waals surface area (Å²) in [6, 6.07) is 16.8. The molecule has 0 bridgehead atoms. The number of ether oxygens (including phenoxy) is 3. The van der Waals surface area contributed by atoms with Crippen LogP contribution >= 0.6 is 0 Å². The lowest BCUT2D eigenvalue weighted by atomic mass is 9.97. The van der Waals surface area contributed by atoms with Gasteiger partial charge in [0.05, 0.1) is 24.0 Å². The predicted octanol–water partition coefficient (Wildman–Crippen LogP) is 5.85. The summed E-state index contributed by atoms with van der Waals surface area (Å²) in [5, 5.41) is 10.0. The molecule has 5 rings (SSSR count). The highest BCUT2D eigenvalue weighted by molar-refractivity contribution is 5.75. The Morgan fingerprint density at radius 2 is 1.59 bits per heavy atom. The van der Waals surface area contributed by atoms with Crippen molar-refractivity contribution >= 4 is 11.4 Å². The molecule has 0 saturated carbocycles. The number of alkyl halides is 6. The van der Waals surface area contributed by atoms with Crippen molar-refractivity contribution in [2.75, 3.05) is 36.1 Å². The van der Waals surface area contributed by atoms with Crippen LogP contribution in [-0.4, -0.2) is 50.1 Å². The molecule has 0 spiro atoms. The van der Waals surface area contributed by atoms with Crippen LogP contribution in [0.3, 0.4) is 0 Å². The Bertz CT molecular complexity index is 1320. The van der Waals surface area contributed by atoms with Crippen LogP contribution in [-0.2, 0) is 6.54 Å². The van der Waals surface area contributed by atoms with Crippen molar-refractivity contribution < 1.29 is 45.7 Å². The summed E-state index contributed by atoms with van der Waals surface area (Å²) in [6.45, 7) is 0.303. The fraction of sp³-hybridized carbons (Fsp3) is 0.333. The van der Waals surface area contributed by atoms with Gasteiger partial charge >= 0.3 is 12.5 Å². The van der Waals surface area contributed by atoms with Gasteiger partial charge in [-0.3, -0.25) is 0 Å². The van der Waals surface area contributed by atoms with Crippen LogP contribution in [0.25, 0.3) is 0 Å². The van der Waals surface area contributed by atoms with E-state index in [1.54, 1.807) is 48.5 Å². The topological polar surface area (TPSA) is 54.4 Å². The largest absolute Gasteiger partial charge is 0.573 e. The van der Waals surface area contributed by atoms with Gasteiger partial charge in [-0.25, -0.2) is 0 Å². The van der Waals surface area contributed by atoms with Crippen LogP contribution in [0.1, 0.15) is 17.2 Å². The first kappa shape index (κ1) is 26.8. The first-order chi connectivity index (χ1) is 18.5. The number of aliphatic hydroxyl groups is 1. The Hall–Kier alpha value is -3.80. The second-order valence-electron chi connectivity index (χ2n) is 9.19. The van der Waals surface area contributed by atoms with E-state index in [1.807, 2.05) is 4.90 Å². The quantitative estimate of drug-likeness (QED) is 0.386. The predicted molar refractivity (Wildman–Crippen MR) is 130 cm³/mol. The third-order valence-corrected chi connectivity index (χ3v) is 6.51. The van der Waals surface area contributed by atoms with Crippen LogP contribution in [0.5, 0.6) is 17.2 Å². The van der Waals surface area contributed by atoms with E-state index < -0.39 is 31.2 Å². The average molecular weight is 554 g/mol. The number of para-hydroxylation sites is 2. The number of hydrogen-bond donors (Lipinski definition) is 1. The summed E-state index contributed by atoms with van der Waals surface area (Å²) in [7, 11) is 0. The highest BCUT2D eigenvalue weighted by atomic mass is 19.4. The van der Waals surface area contributed by atoms with Gasteiger partial charge in [0.15, 0.2) is 17.6 Å². The molecule has 6 nitrogen and oxygen atoms in total. The van der Waals surface area contributed by atoms with Crippen molar-refractivity contribution in [1.29, 1.82) is 0 Å². The molecule has 12 heteroatoms.